The predicted octanol–water partition coefficient (Wildman–Crippen LogP) is 1.11. The quantitative estimate of drug-likeness (QED) is 0.900. The summed E-state index contributed by atoms with van der Waals surface area (Å²) >= 11 is 1.34. The maximum Gasteiger partial charge on any atom is 0.230 e. The van der Waals surface area contributed by atoms with Gasteiger partial charge in [-0.25, -0.2) is 8.42 Å². The number of hydrogen-bond donors (Lipinski definition) is 1. The van der Waals surface area contributed by atoms with Gasteiger partial charge in [0.2, 0.25) is 11.0 Å². The Balaban J connectivity index is 1.94. The number of carbonyl (C=O) groups excluding carboxylic acids is 1. The first-order chi connectivity index (χ1) is 8.85. The minimum atomic E-state index is -3.04. The third kappa shape index (κ3) is 3.97. The van der Waals surface area contributed by atoms with Crippen LogP contribution in [0.15, 0.2) is 0 Å². The van der Waals surface area contributed by atoms with Gasteiger partial charge in [0.25, 0.3) is 0 Å². The van der Waals surface area contributed by atoms with Gasteiger partial charge in [-0.2, -0.15) is 0 Å². The minimum Gasteiger partial charge on any atom is -0.300 e. The molecule has 19 heavy (non-hydrogen) atoms. The third-order valence-electron chi connectivity index (χ3n) is 2.88. The SMILES string of the molecule is CC(C)Cc1nnc(NC(=O)[C@H]2CCS(=O)(=O)C2)s1. The standard InChI is InChI=1S/C11H17N3O3S2/c1-7(2)5-9-13-14-11(18-9)12-10(15)8-3-4-19(16,17)6-8/h7-8H,3-6H2,1-2H3,(H,12,14,15)/t8-/m0/s1. The zero-order valence-electron chi connectivity index (χ0n) is 10.9. The van der Waals surface area contributed by atoms with Crippen LogP contribution in [-0.2, 0) is 21.1 Å². The van der Waals surface area contributed by atoms with Crippen molar-refractivity contribution in [1.29, 1.82) is 0 Å². The number of aromatic nitrogens is 2. The number of hydrogen-bond acceptors (Lipinski definition) is 6. The number of nitrogens with zero attached hydrogens (tertiary/aromatic N) is 2. The second-order valence-electron chi connectivity index (χ2n) is 5.19. The molecule has 1 N–H and O–H groups in total. The number of nitrogens with one attached hydrogen (secondary N) is 1. The molecule has 2 heterocycles. The maximum absolute atomic E-state index is 11.9. The number of sulfone groups is 1. The van der Waals surface area contributed by atoms with Crippen molar-refractivity contribution in [3.8, 4) is 0 Å². The number of carbonyl (C=O) groups is 1. The summed E-state index contributed by atoms with van der Waals surface area (Å²) in [6.45, 7) is 4.17. The molecule has 0 saturated carbocycles. The van der Waals surface area contributed by atoms with Crippen LogP contribution in [0.3, 0.4) is 0 Å². The van der Waals surface area contributed by atoms with E-state index in [-0.39, 0.29) is 17.4 Å². The van der Waals surface area contributed by atoms with Crippen molar-refractivity contribution < 1.29 is 13.2 Å². The van der Waals surface area contributed by atoms with Gasteiger partial charge in [-0.1, -0.05) is 25.2 Å². The molecule has 0 bridgehead atoms. The van der Waals surface area contributed by atoms with E-state index in [9.17, 15) is 13.2 Å². The molecule has 0 radical (unpaired) electrons. The molecular weight excluding hydrogens is 286 g/mol. The van der Waals surface area contributed by atoms with Gasteiger partial charge in [0.15, 0.2) is 9.84 Å². The first-order valence-corrected chi connectivity index (χ1v) is 8.83. The summed E-state index contributed by atoms with van der Waals surface area (Å²) in [7, 11) is -3.04. The van der Waals surface area contributed by atoms with Crippen molar-refractivity contribution in [2.24, 2.45) is 11.8 Å². The second kappa shape index (κ2) is 5.54. The van der Waals surface area contributed by atoms with Gasteiger partial charge in [0, 0.05) is 6.42 Å². The Labute approximate surface area is 116 Å². The molecule has 2 rings (SSSR count). The Morgan fingerprint density at radius 1 is 1.47 bits per heavy atom. The Morgan fingerprint density at radius 3 is 2.79 bits per heavy atom. The number of rotatable bonds is 4. The topological polar surface area (TPSA) is 89.0 Å². The molecule has 1 aliphatic rings. The lowest BCUT2D eigenvalue weighted by Crippen LogP contribution is -2.23. The molecule has 106 valence electrons. The Bertz CT molecular complexity index is 565. The largest absolute Gasteiger partial charge is 0.300 e. The van der Waals surface area contributed by atoms with Crippen molar-refractivity contribution >= 4 is 32.2 Å². The van der Waals surface area contributed by atoms with E-state index < -0.39 is 15.8 Å². The van der Waals surface area contributed by atoms with E-state index in [0.717, 1.165) is 11.4 Å². The molecule has 1 aromatic heterocycles. The van der Waals surface area contributed by atoms with E-state index in [1.807, 2.05) is 0 Å². The molecule has 0 aliphatic carbocycles. The van der Waals surface area contributed by atoms with Crippen LogP contribution in [0.5, 0.6) is 0 Å². The summed E-state index contributed by atoms with van der Waals surface area (Å²) in [5.74, 6) is -0.205. The lowest BCUT2D eigenvalue weighted by molar-refractivity contribution is -0.119. The van der Waals surface area contributed by atoms with E-state index in [1.54, 1.807) is 0 Å². The fourth-order valence-corrected chi connectivity index (χ4v) is 4.64. The highest BCUT2D eigenvalue weighted by molar-refractivity contribution is 7.91. The Kier molecular flexibility index (Phi) is 4.19. The van der Waals surface area contributed by atoms with Crippen LogP contribution in [0, 0.1) is 11.8 Å². The predicted molar refractivity (Wildman–Crippen MR) is 73.8 cm³/mol. The summed E-state index contributed by atoms with van der Waals surface area (Å²) in [5.41, 5.74) is 0. The highest BCUT2D eigenvalue weighted by Gasteiger charge is 2.33. The van der Waals surface area contributed by atoms with E-state index in [0.29, 0.717) is 17.5 Å². The van der Waals surface area contributed by atoms with Crippen LogP contribution < -0.4 is 5.32 Å². The molecule has 1 aliphatic heterocycles. The summed E-state index contributed by atoms with van der Waals surface area (Å²) < 4.78 is 22.6. The van der Waals surface area contributed by atoms with Crippen LogP contribution in [0.4, 0.5) is 5.13 Å². The number of anilines is 1. The van der Waals surface area contributed by atoms with Crippen LogP contribution >= 0.6 is 11.3 Å². The molecule has 0 spiro atoms. The van der Waals surface area contributed by atoms with Gasteiger partial charge in [0.05, 0.1) is 17.4 Å². The lowest BCUT2D eigenvalue weighted by atomic mass is 10.1. The summed E-state index contributed by atoms with van der Waals surface area (Å²) in [6.07, 6.45) is 1.22. The smallest absolute Gasteiger partial charge is 0.230 e. The normalized spacial score (nSPS) is 21.7. The van der Waals surface area contributed by atoms with Gasteiger partial charge in [-0.15, -0.1) is 10.2 Å². The molecule has 6 nitrogen and oxygen atoms in total. The van der Waals surface area contributed by atoms with Crippen molar-refractivity contribution in [1.82, 2.24) is 10.2 Å². The van der Waals surface area contributed by atoms with Gasteiger partial charge >= 0.3 is 0 Å². The summed E-state index contributed by atoms with van der Waals surface area (Å²) in [4.78, 5) is 11.9. The molecule has 8 heteroatoms. The fraction of sp³-hybridized carbons (Fsp3) is 0.727. The minimum absolute atomic E-state index is 0.0590. The molecule has 1 atom stereocenters. The van der Waals surface area contributed by atoms with Gasteiger partial charge in [-0.05, 0) is 12.3 Å². The van der Waals surface area contributed by atoms with Crippen LogP contribution in [-0.4, -0.2) is 36.0 Å². The zero-order valence-corrected chi connectivity index (χ0v) is 12.6. The summed E-state index contributed by atoms with van der Waals surface area (Å²) in [6, 6.07) is 0. The van der Waals surface area contributed by atoms with E-state index in [4.69, 9.17) is 0 Å². The van der Waals surface area contributed by atoms with Crippen LogP contribution in [0.2, 0.25) is 0 Å². The molecule has 1 amide bonds. The average molecular weight is 303 g/mol. The first kappa shape index (κ1) is 14.4. The maximum atomic E-state index is 11.9. The second-order valence-corrected chi connectivity index (χ2v) is 8.48. The lowest BCUT2D eigenvalue weighted by Gasteiger charge is -2.05. The van der Waals surface area contributed by atoms with E-state index in [1.165, 1.54) is 11.3 Å². The average Bonchev–Trinajstić information content (AvgIpc) is 2.84. The van der Waals surface area contributed by atoms with Gasteiger partial charge in [-0.3, -0.25) is 4.79 Å². The fourth-order valence-electron chi connectivity index (χ4n) is 1.95. The Morgan fingerprint density at radius 2 is 2.21 bits per heavy atom. The molecule has 1 saturated heterocycles. The number of amides is 1. The van der Waals surface area contributed by atoms with Crippen LogP contribution in [0.1, 0.15) is 25.3 Å². The molecular formula is C11H17N3O3S2. The first-order valence-electron chi connectivity index (χ1n) is 6.19. The van der Waals surface area contributed by atoms with E-state index >= 15 is 0 Å². The molecule has 1 aromatic rings. The zero-order chi connectivity index (χ0) is 14.0. The molecule has 1 fully saturated rings. The van der Waals surface area contributed by atoms with Crippen molar-refractivity contribution in [2.45, 2.75) is 26.7 Å². The highest BCUT2D eigenvalue weighted by atomic mass is 32.2. The highest BCUT2D eigenvalue weighted by Crippen LogP contribution is 2.22. The van der Waals surface area contributed by atoms with Crippen molar-refractivity contribution in [3.63, 3.8) is 0 Å². The van der Waals surface area contributed by atoms with Gasteiger partial charge < -0.3 is 5.32 Å². The monoisotopic (exact) mass is 303 g/mol. The third-order valence-corrected chi connectivity index (χ3v) is 5.51. The molecule has 0 unspecified atom stereocenters. The van der Waals surface area contributed by atoms with Crippen molar-refractivity contribution in [2.75, 3.05) is 16.8 Å². The summed E-state index contributed by atoms with van der Waals surface area (Å²) in [5, 5.41) is 11.9. The Hall–Kier alpha value is -1.02. The van der Waals surface area contributed by atoms with Crippen LogP contribution in [0.25, 0.3) is 0 Å². The van der Waals surface area contributed by atoms with E-state index in [2.05, 4.69) is 29.4 Å². The van der Waals surface area contributed by atoms with Gasteiger partial charge in [0.1, 0.15) is 5.01 Å². The molecule has 0 aromatic carbocycles. The van der Waals surface area contributed by atoms with Crippen molar-refractivity contribution in [3.05, 3.63) is 5.01 Å².